The first-order valence-corrected chi connectivity index (χ1v) is 10.8. The molecule has 0 spiro atoms. The summed E-state index contributed by atoms with van der Waals surface area (Å²) in [6.45, 7) is 7.08. The molecule has 30 heavy (non-hydrogen) atoms. The summed E-state index contributed by atoms with van der Waals surface area (Å²) in [5, 5.41) is 0. The Balaban J connectivity index is 1.84. The second-order valence-electron chi connectivity index (χ2n) is 8.99. The summed E-state index contributed by atoms with van der Waals surface area (Å²) in [7, 11) is 0. The molecule has 4 rings (SSSR count). The van der Waals surface area contributed by atoms with Crippen molar-refractivity contribution in [2.24, 2.45) is 0 Å². The zero-order valence-electron chi connectivity index (χ0n) is 18.0. The molecule has 0 radical (unpaired) electrons. The predicted molar refractivity (Wildman–Crippen MR) is 115 cm³/mol. The Labute approximate surface area is 176 Å². The normalized spacial score (nSPS) is 18.0. The Morgan fingerprint density at radius 3 is 2.53 bits per heavy atom. The number of hydrogen-bond acceptors (Lipinski definition) is 4. The van der Waals surface area contributed by atoms with E-state index in [-0.39, 0.29) is 28.6 Å². The van der Waals surface area contributed by atoms with Gasteiger partial charge in [-0.3, -0.25) is 14.4 Å². The van der Waals surface area contributed by atoms with Crippen LogP contribution >= 0.6 is 0 Å². The van der Waals surface area contributed by atoms with Crippen molar-refractivity contribution in [2.75, 3.05) is 6.54 Å². The van der Waals surface area contributed by atoms with E-state index in [1.165, 1.54) is 11.1 Å². The predicted octanol–water partition coefficient (Wildman–Crippen LogP) is 3.28. The monoisotopic (exact) mass is 407 g/mol. The molecule has 6 nitrogen and oxygen atoms in total. The molecule has 1 aromatic carbocycles. The van der Waals surface area contributed by atoms with Crippen molar-refractivity contribution in [1.82, 2.24) is 14.5 Å². The van der Waals surface area contributed by atoms with Crippen molar-refractivity contribution in [3.05, 3.63) is 62.8 Å². The van der Waals surface area contributed by atoms with Crippen LogP contribution in [0, 0.1) is 6.92 Å². The maximum atomic E-state index is 13.2. The second-order valence-corrected chi connectivity index (χ2v) is 8.99. The van der Waals surface area contributed by atoms with Gasteiger partial charge in [0.25, 0.3) is 11.5 Å². The number of benzene rings is 1. The Kier molecular flexibility index (Phi) is 5.35. The zero-order valence-corrected chi connectivity index (χ0v) is 18.0. The van der Waals surface area contributed by atoms with Crippen LogP contribution in [-0.4, -0.2) is 39.2 Å². The number of carbonyl (C=O) groups is 2. The molecule has 0 atom stereocenters. The largest absolute Gasteiger partial charge is 0.333 e. The molecule has 0 bridgehead atoms. The van der Waals surface area contributed by atoms with Gasteiger partial charge in [-0.1, -0.05) is 42.7 Å². The number of aromatic nitrogens is 2. The van der Waals surface area contributed by atoms with Gasteiger partial charge in [0.15, 0.2) is 6.29 Å². The number of nitrogens with zero attached hydrogens (tertiary/aromatic N) is 3. The van der Waals surface area contributed by atoms with Crippen LogP contribution in [0.1, 0.15) is 77.3 Å². The molecule has 1 saturated carbocycles. The molecule has 2 aromatic rings. The average Bonchev–Trinajstić information content (AvgIpc) is 3.18. The second kappa shape index (κ2) is 7.82. The van der Waals surface area contributed by atoms with Gasteiger partial charge in [0, 0.05) is 31.0 Å². The first-order valence-electron chi connectivity index (χ1n) is 10.8. The highest BCUT2D eigenvalue weighted by molar-refractivity contribution is 6.00. The Hall–Kier alpha value is -2.76. The third-order valence-corrected chi connectivity index (χ3v) is 6.75. The molecule has 1 fully saturated rings. The van der Waals surface area contributed by atoms with Gasteiger partial charge in [0.1, 0.15) is 17.1 Å². The summed E-state index contributed by atoms with van der Waals surface area (Å²) in [6, 6.07) is 8.57. The number of rotatable bonds is 5. The van der Waals surface area contributed by atoms with Crippen molar-refractivity contribution >= 4 is 12.2 Å². The van der Waals surface area contributed by atoms with Crippen molar-refractivity contribution in [3.8, 4) is 0 Å². The molecule has 1 amide bonds. The van der Waals surface area contributed by atoms with E-state index in [0.717, 1.165) is 25.7 Å². The molecule has 2 heterocycles. The van der Waals surface area contributed by atoms with E-state index in [4.69, 9.17) is 0 Å². The van der Waals surface area contributed by atoms with E-state index >= 15 is 0 Å². The fourth-order valence-corrected chi connectivity index (χ4v) is 5.16. The minimum Gasteiger partial charge on any atom is -0.333 e. The number of aldehydes is 1. The Morgan fingerprint density at radius 1 is 1.17 bits per heavy atom. The summed E-state index contributed by atoms with van der Waals surface area (Å²) < 4.78 is 1.84. The van der Waals surface area contributed by atoms with E-state index < -0.39 is 5.56 Å². The van der Waals surface area contributed by atoms with Crippen molar-refractivity contribution in [3.63, 3.8) is 0 Å². The average molecular weight is 408 g/mol. The van der Waals surface area contributed by atoms with E-state index in [2.05, 4.69) is 36.2 Å². The number of carbonyl (C=O) groups excluding carboxylic acids is 2. The fourth-order valence-electron chi connectivity index (χ4n) is 5.16. The molecule has 1 aromatic heterocycles. The SMILES string of the molecule is Cc1cccc(C2(Cc3nc(=O)c(C=O)c4n3CCN(C(C)C)C4=O)CCCC2)c1. The lowest BCUT2D eigenvalue weighted by atomic mass is 9.75. The van der Waals surface area contributed by atoms with Gasteiger partial charge in [-0.05, 0) is 39.2 Å². The van der Waals surface area contributed by atoms with Crippen LogP contribution in [0.2, 0.25) is 0 Å². The number of amides is 1. The fraction of sp³-hybridized carbons (Fsp3) is 0.500. The van der Waals surface area contributed by atoms with Gasteiger partial charge in [-0.2, -0.15) is 4.98 Å². The Morgan fingerprint density at radius 2 is 1.90 bits per heavy atom. The highest BCUT2D eigenvalue weighted by atomic mass is 16.2. The van der Waals surface area contributed by atoms with E-state index in [1.807, 2.05) is 18.4 Å². The maximum Gasteiger partial charge on any atom is 0.284 e. The molecule has 0 saturated heterocycles. The van der Waals surface area contributed by atoms with E-state index in [1.54, 1.807) is 4.90 Å². The minimum absolute atomic E-state index is 0.00550. The summed E-state index contributed by atoms with van der Waals surface area (Å²) in [6.07, 6.45) is 5.42. The van der Waals surface area contributed by atoms with Gasteiger partial charge in [0.2, 0.25) is 0 Å². The molecule has 1 aliphatic carbocycles. The summed E-state index contributed by atoms with van der Waals surface area (Å²) in [4.78, 5) is 43.6. The van der Waals surface area contributed by atoms with Crippen LogP contribution in [0.15, 0.2) is 29.1 Å². The van der Waals surface area contributed by atoms with Gasteiger partial charge in [-0.15, -0.1) is 0 Å². The van der Waals surface area contributed by atoms with Crippen molar-refractivity contribution in [1.29, 1.82) is 0 Å². The molecule has 6 heteroatoms. The van der Waals surface area contributed by atoms with Crippen molar-refractivity contribution < 1.29 is 9.59 Å². The van der Waals surface area contributed by atoms with Crippen LogP contribution in [0.3, 0.4) is 0 Å². The quantitative estimate of drug-likeness (QED) is 0.713. The lowest BCUT2D eigenvalue weighted by Gasteiger charge is -2.36. The molecule has 0 N–H and O–H groups in total. The van der Waals surface area contributed by atoms with Gasteiger partial charge < -0.3 is 9.47 Å². The number of hydrogen-bond donors (Lipinski definition) is 0. The van der Waals surface area contributed by atoms with E-state index in [0.29, 0.717) is 31.6 Å². The zero-order chi connectivity index (χ0) is 21.5. The van der Waals surface area contributed by atoms with Gasteiger partial charge >= 0.3 is 0 Å². The standard InChI is InChI=1S/C24H29N3O3/c1-16(2)26-11-12-27-20(25-22(29)19(15-28)21(27)23(26)30)14-24(9-4-5-10-24)18-8-6-7-17(3)13-18/h6-8,13,15-16H,4-5,9-12,14H2,1-3H3. The maximum absolute atomic E-state index is 13.2. The smallest absolute Gasteiger partial charge is 0.284 e. The summed E-state index contributed by atoms with van der Waals surface area (Å²) in [5.74, 6) is 0.371. The van der Waals surface area contributed by atoms with Crippen LogP contribution in [0.5, 0.6) is 0 Å². The Bertz CT molecular complexity index is 1050. The molecule has 1 aliphatic heterocycles. The van der Waals surface area contributed by atoms with Crippen molar-refractivity contribution in [2.45, 2.75) is 70.9 Å². The highest BCUT2D eigenvalue weighted by Crippen LogP contribution is 2.43. The minimum atomic E-state index is -0.595. The lowest BCUT2D eigenvalue weighted by Crippen LogP contribution is -2.48. The molecule has 2 aliphatic rings. The van der Waals surface area contributed by atoms with Gasteiger partial charge in [0.05, 0.1) is 0 Å². The molecular formula is C24H29N3O3. The third kappa shape index (κ3) is 3.38. The highest BCUT2D eigenvalue weighted by Gasteiger charge is 2.39. The van der Waals surface area contributed by atoms with Gasteiger partial charge in [-0.25, -0.2) is 0 Å². The lowest BCUT2D eigenvalue weighted by molar-refractivity contribution is 0.0638. The topological polar surface area (TPSA) is 72.3 Å². The third-order valence-electron chi connectivity index (χ3n) is 6.75. The van der Waals surface area contributed by atoms with Crippen LogP contribution < -0.4 is 5.56 Å². The first-order chi connectivity index (χ1) is 14.4. The number of aryl methyl sites for hydroxylation is 1. The molecular weight excluding hydrogens is 378 g/mol. The van der Waals surface area contributed by atoms with Crippen LogP contribution in [0.25, 0.3) is 0 Å². The molecule has 0 unspecified atom stereocenters. The summed E-state index contributed by atoms with van der Waals surface area (Å²) in [5.41, 5.74) is 1.89. The first kappa shape index (κ1) is 20.5. The van der Waals surface area contributed by atoms with Crippen LogP contribution in [-0.2, 0) is 18.4 Å². The summed E-state index contributed by atoms with van der Waals surface area (Å²) >= 11 is 0. The van der Waals surface area contributed by atoms with E-state index in [9.17, 15) is 14.4 Å². The number of fused-ring (bicyclic) bond motifs is 1. The molecule has 158 valence electrons. The van der Waals surface area contributed by atoms with Crippen LogP contribution in [0.4, 0.5) is 0 Å².